The fourth-order valence-corrected chi connectivity index (χ4v) is 2.79. The molecule has 0 bridgehead atoms. The summed E-state index contributed by atoms with van der Waals surface area (Å²) in [6, 6.07) is 9.35. The van der Waals surface area contributed by atoms with E-state index in [1.54, 1.807) is 12.1 Å². The maximum absolute atomic E-state index is 13.5. The molecule has 0 aliphatic rings. The zero-order valence-corrected chi connectivity index (χ0v) is 16.1. The topological polar surface area (TPSA) is 84.1 Å². The lowest BCUT2D eigenvalue weighted by Gasteiger charge is -2.07. The molecule has 2 rings (SSSR count). The monoisotopic (exact) mass is 383 g/mol. The van der Waals surface area contributed by atoms with E-state index in [0.717, 1.165) is 29.9 Å². The van der Waals surface area contributed by atoms with Crippen LogP contribution in [0.1, 0.15) is 30.3 Å². The van der Waals surface area contributed by atoms with E-state index in [1.807, 2.05) is 19.9 Å². The van der Waals surface area contributed by atoms with Gasteiger partial charge < -0.3 is 14.6 Å². The lowest BCUT2D eigenvalue weighted by molar-refractivity contribution is -0.142. The Hall–Kier alpha value is -3.40. The average Bonchev–Trinajstić information content (AvgIpc) is 2.93. The highest BCUT2D eigenvalue weighted by Gasteiger charge is 2.16. The Balaban J connectivity index is 2.05. The van der Waals surface area contributed by atoms with E-state index in [9.17, 15) is 19.2 Å². The van der Waals surface area contributed by atoms with Gasteiger partial charge in [-0.1, -0.05) is 19.1 Å². The van der Waals surface area contributed by atoms with Crippen LogP contribution in [-0.2, 0) is 20.9 Å². The SMILES string of the molecule is CCCn1c(C)cc(C=C(C#N)C(=O)OCC(=O)Nc2ccccc2F)c1C. The first-order valence-electron chi connectivity index (χ1n) is 8.87. The van der Waals surface area contributed by atoms with Gasteiger partial charge in [-0.15, -0.1) is 0 Å². The molecule has 0 spiro atoms. The van der Waals surface area contributed by atoms with Gasteiger partial charge in [0.25, 0.3) is 5.91 Å². The van der Waals surface area contributed by atoms with Crippen molar-refractivity contribution in [1.82, 2.24) is 4.57 Å². The number of aryl methyl sites for hydroxylation is 1. The molecule has 0 atom stereocenters. The molecule has 0 unspecified atom stereocenters. The molecular formula is C21H22FN3O3. The number of anilines is 1. The van der Waals surface area contributed by atoms with E-state index >= 15 is 0 Å². The summed E-state index contributed by atoms with van der Waals surface area (Å²) in [6.07, 6.45) is 2.41. The van der Waals surface area contributed by atoms with Crippen LogP contribution in [0.2, 0.25) is 0 Å². The smallest absolute Gasteiger partial charge is 0.349 e. The van der Waals surface area contributed by atoms with Crippen LogP contribution in [0.5, 0.6) is 0 Å². The van der Waals surface area contributed by atoms with Gasteiger partial charge in [0.1, 0.15) is 17.5 Å². The number of nitriles is 1. The first kappa shape index (κ1) is 20.9. The number of halogens is 1. The third kappa shape index (κ3) is 5.07. The predicted octanol–water partition coefficient (Wildman–Crippen LogP) is 3.74. The number of para-hydroxylation sites is 1. The van der Waals surface area contributed by atoms with Crippen LogP contribution in [0.4, 0.5) is 10.1 Å². The van der Waals surface area contributed by atoms with Crippen molar-refractivity contribution in [2.24, 2.45) is 0 Å². The Bertz CT molecular complexity index is 954. The molecule has 6 nitrogen and oxygen atoms in total. The second kappa shape index (κ2) is 9.51. The van der Waals surface area contributed by atoms with Crippen molar-refractivity contribution in [3.63, 3.8) is 0 Å². The molecule has 1 N–H and O–H groups in total. The number of aromatic nitrogens is 1. The van der Waals surface area contributed by atoms with Gasteiger partial charge >= 0.3 is 5.97 Å². The summed E-state index contributed by atoms with van der Waals surface area (Å²) in [5, 5.41) is 11.6. The highest BCUT2D eigenvalue weighted by molar-refractivity contribution is 6.00. The molecule has 1 aromatic carbocycles. The number of hydrogen-bond donors (Lipinski definition) is 1. The molecule has 0 aliphatic heterocycles. The van der Waals surface area contributed by atoms with Gasteiger partial charge in [-0.05, 0) is 50.1 Å². The predicted molar refractivity (Wildman–Crippen MR) is 104 cm³/mol. The molecule has 0 saturated carbocycles. The summed E-state index contributed by atoms with van der Waals surface area (Å²) < 4.78 is 20.5. The number of esters is 1. The maximum Gasteiger partial charge on any atom is 0.349 e. The average molecular weight is 383 g/mol. The summed E-state index contributed by atoms with van der Waals surface area (Å²) >= 11 is 0. The number of nitrogens with one attached hydrogen (secondary N) is 1. The highest BCUT2D eigenvalue weighted by Crippen LogP contribution is 2.19. The molecular weight excluding hydrogens is 361 g/mol. The van der Waals surface area contributed by atoms with Crippen LogP contribution in [0.15, 0.2) is 35.9 Å². The van der Waals surface area contributed by atoms with Crippen LogP contribution >= 0.6 is 0 Å². The van der Waals surface area contributed by atoms with Crippen molar-refractivity contribution in [3.8, 4) is 6.07 Å². The molecule has 1 heterocycles. The Labute approximate surface area is 163 Å². The maximum atomic E-state index is 13.5. The molecule has 28 heavy (non-hydrogen) atoms. The van der Waals surface area contributed by atoms with Gasteiger partial charge in [0.2, 0.25) is 0 Å². The number of benzene rings is 1. The van der Waals surface area contributed by atoms with E-state index < -0.39 is 24.3 Å². The largest absolute Gasteiger partial charge is 0.451 e. The Morgan fingerprint density at radius 1 is 1.32 bits per heavy atom. The van der Waals surface area contributed by atoms with Gasteiger partial charge in [0, 0.05) is 17.9 Å². The number of ether oxygens (including phenoxy) is 1. The van der Waals surface area contributed by atoms with Crippen LogP contribution in [0.3, 0.4) is 0 Å². The highest BCUT2D eigenvalue weighted by atomic mass is 19.1. The molecule has 146 valence electrons. The minimum atomic E-state index is -0.911. The zero-order valence-electron chi connectivity index (χ0n) is 16.1. The van der Waals surface area contributed by atoms with Crippen LogP contribution < -0.4 is 5.32 Å². The standard InChI is InChI=1S/C21H22FN3O3/c1-4-9-25-14(2)10-16(15(25)3)11-17(12-23)21(27)28-13-20(26)24-19-8-6-5-7-18(19)22/h5-8,10-11H,4,9,13H2,1-3H3,(H,24,26). The normalized spacial score (nSPS) is 11.0. The van der Waals surface area contributed by atoms with Crippen molar-refractivity contribution in [2.75, 3.05) is 11.9 Å². The zero-order chi connectivity index (χ0) is 20.7. The third-order valence-corrected chi connectivity index (χ3v) is 4.18. The van der Waals surface area contributed by atoms with Crippen molar-refractivity contribution in [2.45, 2.75) is 33.7 Å². The minimum absolute atomic E-state index is 0.0111. The summed E-state index contributed by atoms with van der Waals surface area (Å²) in [5.41, 5.74) is 2.49. The van der Waals surface area contributed by atoms with Gasteiger partial charge in [-0.3, -0.25) is 4.79 Å². The summed E-state index contributed by atoms with van der Waals surface area (Å²) in [5.74, 6) is -2.20. The lowest BCUT2D eigenvalue weighted by Crippen LogP contribution is -2.21. The molecule has 1 amide bonds. The molecule has 7 heteroatoms. The van der Waals surface area contributed by atoms with Crippen LogP contribution in [0, 0.1) is 31.0 Å². The Kier molecular flexibility index (Phi) is 7.10. The van der Waals surface area contributed by atoms with E-state index in [2.05, 4.69) is 16.8 Å². The van der Waals surface area contributed by atoms with E-state index in [-0.39, 0.29) is 11.3 Å². The number of rotatable bonds is 7. The Morgan fingerprint density at radius 2 is 2.04 bits per heavy atom. The van der Waals surface area contributed by atoms with E-state index in [1.165, 1.54) is 24.3 Å². The second-order valence-corrected chi connectivity index (χ2v) is 6.25. The molecule has 0 fully saturated rings. The van der Waals surface area contributed by atoms with Gasteiger partial charge in [0.15, 0.2) is 6.61 Å². The van der Waals surface area contributed by atoms with E-state index in [0.29, 0.717) is 0 Å². The fraction of sp³-hybridized carbons (Fsp3) is 0.286. The first-order valence-corrected chi connectivity index (χ1v) is 8.87. The third-order valence-electron chi connectivity index (χ3n) is 4.18. The minimum Gasteiger partial charge on any atom is -0.451 e. The lowest BCUT2D eigenvalue weighted by atomic mass is 10.1. The number of hydrogen-bond acceptors (Lipinski definition) is 4. The number of amides is 1. The quantitative estimate of drug-likeness (QED) is 0.448. The summed E-state index contributed by atoms with van der Waals surface area (Å²) in [4.78, 5) is 24.0. The summed E-state index contributed by atoms with van der Waals surface area (Å²) in [6.45, 7) is 6.15. The number of carbonyl (C=O) groups is 2. The number of carbonyl (C=O) groups excluding carboxylic acids is 2. The van der Waals surface area contributed by atoms with Crippen LogP contribution in [-0.4, -0.2) is 23.1 Å². The van der Waals surface area contributed by atoms with Crippen molar-refractivity contribution in [1.29, 1.82) is 5.26 Å². The summed E-state index contributed by atoms with van der Waals surface area (Å²) in [7, 11) is 0. The molecule has 0 saturated heterocycles. The number of nitrogens with zero attached hydrogens (tertiary/aromatic N) is 2. The molecule has 2 aromatic rings. The molecule has 1 aromatic heterocycles. The van der Waals surface area contributed by atoms with Crippen molar-refractivity contribution in [3.05, 3.63) is 58.7 Å². The fourth-order valence-electron chi connectivity index (χ4n) is 2.79. The van der Waals surface area contributed by atoms with Crippen molar-refractivity contribution < 1.29 is 18.7 Å². The Morgan fingerprint density at radius 3 is 2.68 bits per heavy atom. The van der Waals surface area contributed by atoms with Gasteiger partial charge in [0.05, 0.1) is 5.69 Å². The van der Waals surface area contributed by atoms with Crippen molar-refractivity contribution >= 4 is 23.6 Å². The molecule has 0 radical (unpaired) electrons. The van der Waals surface area contributed by atoms with Gasteiger partial charge in [-0.25, -0.2) is 9.18 Å². The first-order chi connectivity index (χ1) is 13.4. The molecule has 0 aliphatic carbocycles. The van der Waals surface area contributed by atoms with Crippen LogP contribution in [0.25, 0.3) is 6.08 Å². The van der Waals surface area contributed by atoms with E-state index in [4.69, 9.17) is 4.74 Å². The van der Waals surface area contributed by atoms with Gasteiger partial charge in [-0.2, -0.15) is 5.26 Å². The second-order valence-electron chi connectivity index (χ2n) is 6.25.